The second-order valence-electron chi connectivity index (χ2n) is 11.7. The molecule has 1 saturated carbocycles. The van der Waals surface area contributed by atoms with Crippen molar-refractivity contribution in [2.24, 2.45) is 11.8 Å². The maximum atomic E-state index is 13.9. The Balaban J connectivity index is 1.29. The molecule has 1 aliphatic heterocycles. The molecule has 0 amide bonds. The van der Waals surface area contributed by atoms with Crippen molar-refractivity contribution in [3.8, 4) is 22.5 Å². The van der Waals surface area contributed by atoms with Gasteiger partial charge in [-0.05, 0) is 79.7 Å². The molecule has 6 rings (SSSR count). The number of hydrogen-bond donors (Lipinski definition) is 1. The molecule has 3 heterocycles. The summed E-state index contributed by atoms with van der Waals surface area (Å²) in [7, 11) is 0. The Morgan fingerprint density at radius 3 is 2.60 bits per heavy atom. The number of H-pyrrole nitrogens is 1. The molecule has 3 unspecified atom stereocenters. The number of carbonyl (C=O) groups is 1. The predicted octanol–water partition coefficient (Wildman–Crippen LogP) is 5.74. The first-order valence-electron chi connectivity index (χ1n) is 15.5. The topological polar surface area (TPSA) is 108 Å². The van der Waals surface area contributed by atoms with Gasteiger partial charge in [-0.1, -0.05) is 61.9 Å². The third-order valence-corrected chi connectivity index (χ3v) is 9.13. The van der Waals surface area contributed by atoms with E-state index in [1.807, 2.05) is 29.8 Å². The van der Waals surface area contributed by atoms with Gasteiger partial charge >= 0.3 is 5.97 Å². The van der Waals surface area contributed by atoms with E-state index >= 15 is 0 Å². The summed E-state index contributed by atoms with van der Waals surface area (Å²) in [5.74, 6) is 0.878. The summed E-state index contributed by atoms with van der Waals surface area (Å²) in [6.45, 7) is 5.26. The lowest BCUT2D eigenvalue weighted by Gasteiger charge is -2.33. The summed E-state index contributed by atoms with van der Waals surface area (Å²) in [4.78, 5) is 26.4. The van der Waals surface area contributed by atoms with E-state index in [0.717, 1.165) is 85.7 Å². The van der Waals surface area contributed by atoms with Crippen molar-refractivity contribution < 1.29 is 9.53 Å². The van der Waals surface area contributed by atoms with E-state index in [2.05, 4.69) is 62.6 Å². The van der Waals surface area contributed by atoms with E-state index in [4.69, 9.17) is 4.74 Å². The van der Waals surface area contributed by atoms with E-state index in [9.17, 15) is 9.59 Å². The van der Waals surface area contributed by atoms with Crippen LogP contribution < -0.4 is 5.56 Å². The summed E-state index contributed by atoms with van der Waals surface area (Å²) in [5, 5.41) is 14.6. The number of aromatic nitrogens is 6. The smallest absolute Gasteiger partial charge is 0.308 e. The minimum absolute atomic E-state index is 0.0186. The van der Waals surface area contributed by atoms with Gasteiger partial charge in [-0.2, -0.15) is 5.21 Å². The minimum atomic E-state index is -0.0593. The highest BCUT2D eigenvalue weighted by molar-refractivity contribution is 5.80. The first kappa shape index (κ1) is 28.1. The lowest BCUT2D eigenvalue weighted by atomic mass is 9.91. The van der Waals surface area contributed by atoms with Crippen LogP contribution in [0.25, 0.3) is 22.5 Å². The third-order valence-electron chi connectivity index (χ3n) is 9.13. The zero-order chi connectivity index (χ0) is 29.1. The number of tetrazole rings is 1. The minimum Gasteiger partial charge on any atom is -0.466 e. The number of esters is 1. The van der Waals surface area contributed by atoms with Gasteiger partial charge in [0.2, 0.25) is 5.82 Å². The van der Waals surface area contributed by atoms with Crippen molar-refractivity contribution in [2.75, 3.05) is 6.61 Å². The van der Waals surface area contributed by atoms with Crippen LogP contribution in [0.15, 0.2) is 53.3 Å². The maximum absolute atomic E-state index is 13.9. The van der Waals surface area contributed by atoms with Crippen molar-refractivity contribution in [3.63, 3.8) is 0 Å². The van der Waals surface area contributed by atoms with E-state index in [1.54, 1.807) is 0 Å². The Morgan fingerprint density at radius 1 is 1.05 bits per heavy atom. The molecular formula is C33H40N6O3. The summed E-state index contributed by atoms with van der Waals surface area (Å²) < 4.78 is 9.73. The molecule has 2 aromatic carbocycles. The maximum Gasteiger partial charge on any atom is 0.308 e. The monoisotopic (exact) mass is 568 g/mol. The number of unbranched alkanes of at least 4 members (excludes halogenated alkanes) is 1. The average Bonchev–Trinajstić information content (AvgIpc) is 3.78. The summed E-state index contributed by atoms with van der Waals surface area (Å²) in [6.07, 6.45) is 8.43. The molecule has 42 heavy (non-hydrogen) atoms. The van der Waals surface area contributed by atoms with Crippen molar-refractivity contribution in [3.05, 3.63) is 75.7 Å². The van der Waals surface area contributed by atoms with Gasteiger partial charge in [0.1, 0.15) is 0 Å². The third kappa shape index (κ3) is 5.44. The van der Waals surface area contributed by atoms with Gasteiger partial charge in [-0.25, -0.2) is 4.68 Å². The zero-order valence-corrected chi connectivity index (χ0v) is 24.6. The highest BCUT2D eigenvalue weighted by Crippen LogP contribution is 2.43. The van der Waals surface area contributed by atoms with Crippen LogP contribution in [0.1, 0.15) is 81.7 Å². The Hall–Kier alpha value is -4.01. The van der Waals surface area contributed by atoms with Gasteiger partial charge in [0.25, 0.3) is 5.56 Å². The quantitative estimate of drug-likeness (QED) is 0.244. The lowest BCUT2D eigenvalue weighted by Crippen LogP contribution is -2.34. The molecule has 1 N–H and O–H groups in total. The molecule has 4 aromatic rings. The number of nitrogens with zero attached hydrogens (tertiary/aromatic N) is 5. The Kier molecular flexibility index (Phi) is 8.35. The van der Waals surface area contributed by atoms with Gasteiger partial charge in [0, 0.05) is 29.8 Å². The number of aromatic amines is 1. The SMILES string of the molecule is CCCCc1c(Cc2ccc(-c3ccccc3-c3nn[nH]n3)cc2)c(=O)n2n1C(C1CCC(C(=O)OCC)C1)CCC2. The first-order valence-corrected chi connectivity index (χ1v) is 15.5. The molecule has 0 radical (unpaired) electrons. The number of rotatable bonds is 10. The summed E-state index contributed by atoms with van der Waals surface area (Å²) in [5.41, 5.74) is 6.41. The average molecular weight is 569 g/mol. The number of nitrogens with one attached hydrogen (secondary N) is 1. The van der Waals surface area contributed by atoms with Gasteiger partial charge in [-0.15, -0.1) is 10.2 Å². The Bertz CT molecular complexity index is 1570. The van der Waals surface area contributed by atoms with Crippen LogP contribution in [0.2, 0.25) is 0 Å². The molecule has 0 saturated heterocycles. The van der Waals surface area contributed by atoms with Crippen LogP contribution in [0.4, 0.5) is 0 Å². The fraction of sp³-hybridized carbons (Fsp3) is 0.485. The Morgan fingerprint density at radius 2 is 1.86 bits per heavy atom. The normalized spacial score (nSPS) is 20.0. The van der Waals surface area contributed by atoms with Crippen molar-refractivity contribution in [2.45, 2.75) is 84.2 Å². The number of hydrogen-bond acceptors (Lipinski definition) is 6. The number of carbonyl (C=O) groups excluding carboxylic acids is 1. The van der Waals surface area contributed by atoms with Crippen LogP contribution in [0.3, 0.4) is 0 Å². The summed E-state index contributed by atoms with van der Waals surface area (Å²) in [6, 6.07) is 16.8. The van der Waals surface area contributed by atoms with Crippen molar-refractivity contribution >= 4 is 5.97 Å². The van der Waals surface area contributed by atoms with Crippen molar-refractivity contribution in [1.29, 1.82) is 0 Å². The van der Waals surface area contributed by atoms with Gasteiger partial charge in [0.15, 0.2) is 0 Å². The molecular weight excluding hydrogens is 528 g/mol. The fourth-order valence-electron chi connectivity index (χ4n) is 7.10. The van der Waals surface area contributed by atoms with Crippen LogP contribution in [0, 0.1) is 11.8 Å². The molecule has 1 aliphatic carbocycles. The lowest BCUT2D eigenvalue weighted by molar-refractivity contribution is -0.147. The number of benzene rings is 2. The standard InChI is InChI=1S/C33H40N6O3/c1-3-5-11-30-28(20-22-13-15-23(16-14-22)26-9-6-7-10-27(26)31-34-36-37-35-31)32(40)38-19-8-12-29(39(30)38)24-17-18-25(21-24)33(41)42-4-2/h6-7,9-10,13-16,24-25,29H,3-5,8,11-12,17-21H2,1-2H3,(H,34,35,36,37). The van der Waals surface area contributed by atoms with Gasteiger partial charge in [0.05, 0.1) is 18.6 Å². The van der Waals surface area contributed by atoms with E-state index < -0.39 is 0 Å². The van der Waals surface area contributed by atoms with E-state index in [-0.39, 0.29) is 23.5 Å². The number of fused-ring (bicyclic) bond motifs is 1. The largest absolute Gasteiger partial charge is 0.466 e. The highest BCUT2D eigenvalue weighted by atomic mass is 16.5. The molecule has 220 valence electrons. The van der Waals surface area contributed by atoms with Crippen LogP contribution in [-0.2, 0) is 28.9 Å². The fourth-order valence-corrected chi connectivity index (χ4v) is 7.10. The second-order valence-corrected chi connectivity index (χ2v) is 11.7. The summed E-state index contributed by atoms with van der Waals surface area (Å²) >= 11 is 0. The van der Waals surface area contributed by atoms with E-state index in [0.29, 0.717) is 24.8 Å². The van der Waals surface area contributed by atoms with Gasteiger partial charge < -0.3 is 4.74 Å². The second kappa shape index (κ2) is 12.5. The number of ether oxygens (including phenoxy) is 1. The highest BCUT2D eigenvalue weighted by Gasteiger charge is 2.39. The molecule has 0 spiro atoms. The van der Waals surface area contributed by atoms with Crippen LogP contribution >= 0.6 is 0 Å². The Labute approximate surface area is 246 Å². The molecule has 9 heteroatoms. The molecule has 9 nitrogen and oxygen atoms in total. The van der Waals surface area contributed by atoms with E-state index in [1.165, 1.54) is 5.69 Å². The molecule has 1 fully saturated rings. The molecule has 2 aliphatic rings. The molecule has 2 aromatic heterocycles. The van der Waals surface area contributed by atoms with Gasteiger partial charge in [-0.3, -0.25) is 14.3 Å². The first-order chi connectivity index (χ1) is 20.6. The van der Waals surface area contributed by atoms with Crippen molar-refractivity contribution in [1.82, 2.24) is 30.0 Å². The van der Waals surface area contributed by atoms with Crippen LogP contribution in [-0.4, -0.2) is 42.6 Å². The predicted molar refractivity (Wildman–Crippen MR) is 161 cm³/mol. The molecule has 0 bridgehead atoms. The zero-order valence-electron chi connectivity index (χ0n) is 24.6. The molecule has 3 atom stereocenters. The van der Waals surface area contributed by atoms with Crippen LogP contribution in [0.5, 0.6) is 0 Å².